The fourth-order valence-electron chi connectivity index (χ4n) is 2.85. The lowest BCUT2D eigenvalue weighted by atomic mass is 10.0. The standard InChI is InChI=1S/C21H20N2O6/c1-23-16-11-14(5-9-18(16)29-12-20(23)26)17(24)8-10-19(25)22-15-6-3-13(4-7-15)21(27)28-2/h3-7,9,11H,8,10,12H2,1-2H3,(H,22,25). The van der Waals surface area contributed by atoms with E-state index in [0.717, 1.165) is 0 Å². The Kier molecular flexibility index (Phi) is 5.92. The maximum Gasteiger partial charge on any atom is 0.337 e. The van der Waals surface area contributed by atoms with Crippen LogP contribution in [0.4, 0.5) is 11.4 Å². The van der Waals surface area contributed by atoms with E-state index in [1.807, 2.05) is 0 Å². The smallest absolute Gasteiger partial charge is 0.337 e. The molecule has 2 amide bonds. The van der Waals surface area contributed by atoms with Crippen LogP contribution in [-0.2, 0) is 14.3 Å². The molecule has 0 aromatic heterocycles. The quantitative estimate of drug-likeness (QED) is 0.594. The average Bonchev–Trinajstić information content (AvgIpc) is 2.74. The number of fused-ring (bicyclic) bond motifs is 1. The summed E-state index contributed by atoms with van der Waals surface area (Å²) in [6.07, 6.45) is 0.0172. The Morgan fingerprint density at radius 2 is 1.76 bits per heavy atom. The van der Waals surface area contributed by atoms with Crippen LogP contribution in [0, 0.1) is 0 Å². The Bertz CT molecular complexity index is 968. The van der Waals surface area contributed by atoms with Crippen molar-refractivity contribution in [2.45, 2.75) is 12.8 Å². The molecule has 1 aliphatic rings. The highest BCUT2D eigenvalue weighted by Crippen LogP contribution is 2.32. The fraction of sp³-hybridized carbons (Fsp3) is 0.238. The Hall–Kier alpha value is -3.68. The first kappa shape index (κ1) is 20.1. The van der Waals surface area contributed by atoms with E-state index in [2.05, 4.69) is 10.1 Å². The number of carbonyl (C=O) groups is 4. The zero-order chi connectivity index (χ0) is 21.0. The summed E-state index contributed by atoms with van der Waals surface area (Å²) in [5.74, 6) is -0.652. The molecule has 0 saturated carbocycles. The van der Waals surface area contributed by atoms with Gasteiger partial charge in [-0.15, -0.1) is 0 Å². The maximum absolute atomic E-state index is 12.5. The summed E-state index contributed by atoms with van der Waals surface area (Å²) in [5, 5.41) is 2.68. The van der Waals surface area contributed by atoms with Crippen molar-refractivity contribution in [1.82, 2.24) is 0 Å². The summed E-state index contributed by atoms with van der Waals surface area (Å²) < 4.78 is 9.96. The van der Waals surface area contributed by atoms with Gasteiger partial charge in [0.15, 0.2) is 12.4 Å². The third-order valence-electron chi connectivity index (χ3n) is 4.54. The molecule has 29 heavy (non-hydrogen) atoms. The highest BCUT2D eigenvalue weighted by atomic mass is 16.5. The first-order chi connectivity index (χ1) is 13.9. The molecule has 8 nitrogen and oxygen atoms in total. The number of methoxy groups -OCH3 is 1. The van der Waals surface area contributed by atoms with E-state index < -0.39 is 5.97 Å². The molecule has 0 saturated heterocycles. The van der Waals surface area contributed by atoms with Crippen molar-refractivity contribution in [3.05, 3.63) is 53.6 Å². The predicted octanol–water partition coefficient (Wildman–Crippen LogP) is 2.43. The number of hydrogen-bond donors (Lipinski definition) is 1. The van der Waals surface area contributed by atoms with Crippen LogP contribution in [0.5, 0.6) is 5.75 Å². The molecule has 1 aliphatic heterocycles. The van der Waals surface area contributed by atoms with E-state index in [1.165, 1.54) is 12.0 Å². The summed E-state index contributed by atoms with van der Waals surface area (Å²) >= 11 is 0. The number of carbonyl (C=O) groups excluding carboxylic acids is 4. The topological polar surface area (TPSA) is 102 Å². The number of hydrogen-bond acceptors (Lipinski definition) is 6. The van der Waals surface area contributed by atoms with Gasteiger partial charge in [-0.05, 0) is 42.5 Å². The number of nitrogens with zero attached hydrogens (tertiary/aromatic N) is 1. The summed E-state index contributed by atoms with van der Waals surface area (Å²) in [6, 6.07) is 11.1. The minimum absolute atomic E-state index is 0.0000585. The van der Waals surface area contributed by atoms with E-state index in [1.54, 1.807) is 49.5 Å². The van der Waals surface area contributed by atoms with Crippen LogP contribution in [0.25, 0.3) is 0 Å². The van der Waals surface area contributed by atoms with Gasteiger partial charge in [0, 0.05) is 31.1 Å². The van der Waals surface area contributed by atoms with Crippen LogP contribution in [0.3, 0.4) is 0 Å². The van der Waals surface area contributed by atoms with Crippen LogP contribution >= 0.6 is 0 Å². The van der Waals surface area contributed by atoms with E-state index in [4.69, 9.17) is 4.74 Å². The molecular weight excluding hydrogens is 376 g/mol. The number of amides is 2. The lowest BCUT2D eigenvalue weighted by molar-refractivity contribution is -0.121. The molecule has 3 rings (SSSR count). The molecule has 8 heteroatoms. The average molecular weight is 396 g/mol. The first-order valence-corrected chi connectivity index (χ1v) is 8.94. The van der Waals surface area contributed by atoms with E-state index in [9.17, 15) is 19.2 Å². The van der Waals surface area contributed by atoms with Crippen LogP contribution in [0.1, 0.15) is 33.6 Å². The molecule has 0 fully saturated rings. The number of likely N-dealkylation sites (N-methyl/N-ethyl adjacent to an activating group) is 1. The van der Waals surface area contributed by atoms with Gasteiger partial charge >= 0.3 is 5.97 Å². The lowest BCUT2D eigenvalue weighted by Crippen LogP contribution is -2.35. The van der Waals surface area contributed by atoms with Crippen molar-refractivity contribution in [1.29, 1.82) is 0 Å². The Morgan fingerprint density at radius 3 is 2.45 bits per heavy atom. The monoisotopic (exact) mass is 396 g/mol. The lowest BCUT2D eigenvalue weighted by Gasteiger charge is -2.26. The van der Waals surface area contributed by atoms with Gasteiger partial charge < -0.3 is 19.7 Å². The number of nitrogens with one attached hydrogen (secondary N) is 1. The first-order valence-electron chi connectivity index (χ1n) is 8.94. The number of esters is 1. The molecule has 1 heterocycles. The summed E-state index contributed by atoms with van der Waals surface area (Å²) in [6.45, 7) is -0.0302. The third-order valence-corrected chi connectivity index (χ3v) is 4.54. The van der Waals surface area contributed by atoms with E-state index in [-0.39, 0.29) is 37.0 Å². The van der Waals surface area contributed by atoms with E-state index in [0.29, 0.717) is 28.3 Å². The minimum atomic E-state index is -0.462. The van der Waals surface area contributed by atoms with E-state index >= 15 is 0 Å². The van der Waals surface area contributed by atoms with Crippen LogP contribution < -0.4 is 15.0 Å². The van der Waals surface area contributed by atoms with Crippen molar-refractivity contribution in [2.75, 3.05) is 31.0 Å². The molecule has 2 aromatic carbocycles. The van der Waals surface area contributed by atoms with Crippen molar-refractivity contribution < 1.29 is 28.7 Å². The Balaban J connectivity index is 1.57. The number of ketones is 1. The number of Topliss-reactive ketones (excluding diaryl/α,β-unsaturated/α-hetero) is 1. The number of benzene rings is 2. The second-order valence-corrected chi connectivity index (χ2v) is 6.46. The molecule has 1 N–H and O–H groups in total. The van der Waals surface area contributed by atoms with Crippen LogP contribution in [0.2, 0.25) is 0 Å². The second kappa shape index (κ2) is 8.55. The maximum atomic E-state index is 12.5. The number of anilines is 2. The molecule has 0 unspecified atom stereocenters. The van der Waals surface area contributed by atoms with Crippen molar-refractivity contribution in [3.8, 4) is 5.75 Å². The summed E-state index contributed by atoms with van der Waals surface area (Å²) in [7, 11) is 2.91. The normalized spacial score (nSPS) is 12.6. The van der Waals surface area contributed by atoms with Crippen molar-refractivity contribution >= 4 is 34.9 Å². The summed E-state index contributed by atoms with van der Waals surface area (Å²) in [4.78, 5) is 49.2. The van der Waals surface area contributed by atoms with Gasteiger partial charge in [-0.3, -0.25) is 14.4 Å². The highest BCUT2D eigenvalue weighted by Gasteiger charge is 2.23. The molecular formula is C21H20N2O6. The van der Waals surface area contributed by atoms with Crippen molar-refractivity contribution in [2.24, 2.45) is 0 Å². The zero-order valence-electron chi connectivity index (χ0n) is 16.1. The predicted molar refractivity (Wildman–Crippen MR) is 105 cm³/mol. The second-order valence-electron chi connectivity index (χ2n) is 6.46. The molecule has 150 valence electrons. The van der Waals surface area contributed by atoms with Gasteiger partial charge in [0.05, 0.1) is 18.4 Å². The van der Waals surface area contributed by atoms with Gasteiger partial charge in [-0.1, -0.05) is 0 Å². The molecule has 0 aliphatic carbocycles. The van der Waals surface area contributed by atoms with Gasteiger partial charge in [0.2, 0.25) is 5.91 Å². The van der Waals surface area contributed by atoms with Crippen LogP contribution in [-0.4, -0.2) is 44.3 Å². The Labute approximate surface area is 167 Å². The Morgan fingerprint density at radius 1 is 1.07 bits per heavy atom. The van der Waals surface area contributed by atoms with Gasteiger partial charge in [0.25, 0.3) is 5.91 Å². The summed E-state index contributed by atoms with van der Waals surface area (Å²) in [5.41, 5.74) is 1.83. The number of rotatable bonds is 6. The zero-order valence-corrected chi connectivity index (χ0v) is 16.1. The molecule has 0 spiro atoms. The van der Waals surface area contributed by atoms with Crippen LogP contribution in [0.15, 0.2) is 42.5 Å². The van der Waals surface area contributed by atoms with Crippen molar-refractivity contribution in [3.63, 3.8) is 0 Å². The minimum Gasteiger partial charge on any atom is -0.482 e. The number of ether oxygens (including phenoxy) is 2. The van der Waals surface area contributed by atoms with Gasteiger partial charge in [-0.25, -0.2) is 4.79 Å². The largest absolute Gasteiger partial charge is 0.482 e. The van der Waals surface area contributed by atoms with Gasteiger partial charge in [-0.2, -0.15) is 0 Å². The third kappa shape index (κ3) is 4.60. The highest BCUT2D eigenvalue weighted by molar-refractivity contribution is 6.03. The SMILES string of the molecule is COC(=O)c1ccc(NC(=O)CCC(=O)c2ccc3c(c2)N(C)C(=O)CO3)cc1. The van der Waals surface area contributed by atoms with Gasteiger partial charge in [0.1, 0.15) is 5.75 Å². The molecule has 2 aromatic rings. The molecule has 0 radical (unpaired) electrons. The molecule has 0 bridgehead atoms. The fourth-order valence-corrected chi connectivity index (χ4v) is 2.85. The molecule has 0 atom stereocenters.